The van der Waals surface area contributed by atoms with Gasteiger partial charge in [-0.25, -0.2) is 29.9 Å². The minimum absolute atomic E-state index is 0.00507. The number of hydrogen-bond acceptors (Lipinski definition) is 6. The van der Waals surface area contributed by atoms with E-state index in [4.69, 9.17) is 19.9 Å². The number of aromatic nitrogens is 6. The lowest BCUT2D eigenvalue weighted by atomic mass is 9.82. The standard InChI is InChI=1S/C52H44N6/c1-25-53-26(2)56-49(55-25)47-41-24-38-33-15-12-11-14-32(33)34-16-13-17-35(42(34)38)44(41)48(50-57-27(3)54-28(4)58-50)46-39-20-29-18-19-30(51(5,6)7)21-36(29)37-22-31(52(8,9)10)23-40(43(37)39)45(46)47/h11-24H,1-10H3. The Bertz CT molecular complexity index is 3530. The van der Waals surface area contributed by atoms with Crippen molar-refractivity contribution in [1.29, 1.82) is 0 Å². The van der Waals surface area contributed by atoms with Crippen LogP contribution in [0.2, 0.25) is 0 Å². The van der Waals surface area contributed by atoms with E-state index in [1.807, 2.05) is 27.7 Å². The molecule has 0 aliphatic rings. The van der Waals surface area contributed by atoms with Gasteiger partial charge in [-0.3, -0.25) is 0 Å². The summed E-state index contributed by atoms with van der Waals surface area (Å²) in [4.78, 5) is 30.1. The zero-order chi connectivity index (χ0) is 40.2. The van der Waals surface area contributed by atoms with E-state index in [2.05, 4.69) is 136 Å². The molecular formula is C52H44N6. The first-order valence-corrected chi connectivity index (χ1v) is 20.3. The van der Waals surface area contributed by atoms with E-state index < -0.39 is 0 Å². The van der Waals surface area contributed by atoms with Crippen LogP contribution in [-0.2, 0) is 10.8 Å². The van der Waals surface area contributed by atoms with Gasteiger partial charge in [-0.2, -0.15) is 0 Å². The topological polar surface area (TPSA) is 77.3 Å². The van der Waals surface area contributed by atoms with Gasteiger partial charge in [0, 0.05) is 27.3 Å². The molecule has 9 aromatic carbocycles. The molecule has 282 valence electrons. The quantitative estimate of drug-likeness (QED) is 0.164. The Labute approximate surface area is 337 Å². The molecule has 6 heteroatoms. The summed E-state index contributed by atoms with van der Waals surface area (Å²) in [6.45, 7) is 21.7. The molecule has 0 N–H and O–H groups in total. The first-order chi connectivity index (χ1) is 27.7. The van der Waals surface area contributed by atoms with Crippen molar-refractivity contribution in [2.45, 2.75) is 80.1 Å². The molecule has 0 unspecified atom stereocenters. The predicted molar refractivity (Wildman–Crippen MR) is 243 cm³/mol. The van der Waals surface area contributed by atoms with Crippen LogP contribution in [-0.4, -0.2) is 29.9 Å². The highest BCUT2D eigenvalue weighted by Crippen LogP contribution is 2.55. The van der Waals surface area contributed by atoms with Crippen LogP contribution in [0.25, 0.3) is 109 Å². The third-order valence-corrected chi connectivity index (χ3v) is 12.4. The van der Waals surface area contributed by atoms with Crippen molar-refractivity contribution >= 4 is 86.2 Å². The lowest BCUT2D eigenvalue weighted by Crippen LogP contribution is -2.11. The van der Waals surface area contributed by atoms with Gasteiger partial charge in [0.1, 0.15) is 23.3 Å². The van der Waals surface area contributed by atoms with Crippen LogP contribution in [0, 0.1) is 27.7 Å². The van der Waals surface area contributed by atoms with Crippen molar-refractivity contribution < 1.29 is 0 Å². The van der Waals surface area contributed by atoms with E-state index in [1.54, 1.807) is 0 Å². The monoisotopic (exact) mass is 752 g/mol. The fourth-order valence-corrected chi connectivity index (χ4v) is 9.88. The summed E-state index contributed by atoms with van der Waals surface area (Å²) in [7, 11) is 0. The summed E-state index contributed by atoms with van der Waals surface area (Å²) in [6, 6.07) is 32.3. The van der Waals surface area contributed by atoms with Gasteiger partial charge in [0.2, 0.25) is 0 Å². The van der Waals surface area contributed by atoms with Crippen molar-refractivity contribution in [3.8, 4) is 22.8 Å². The Balaban J connectivity index is 1.52. The van der Waals surface area contributed by atoms with Crippen molar-refractivity contribution in [2.75, 3.05) is 0 Å². The Morgan fingerprint density at radius 1 is 0.328 bits per heavy atom. The molecule has 6 nitrogen and oxygen atoms in total. The highest BCUT2D eigenvalue weighted by Gasteiger charge is 2.30. The van der Waals surface area contributed by atoms with Crippen LogP contribution in [0.3, 0.4) is 0 Å². The lowest BCUT2D eigenvalue weighted by Gasteiger charge is -2.22. The molecule has 0 spiro atoms. The zero-order valence-electron chi connectivity index (χ0n) is 34.8. The second kappa shape index (κ2) is 11.6. The summed E-state index contributed by atoms with van der Waals surface area (Å²) in [6.07, 6.45) is 0. The SMILES string of the molecule is Cc1nc(C)nc(-c2c3cc4c5ccccc5c5cccc(c3c(-c3nc(C)nc(C)n3)c3c6cc7ccc(C(C)(C)C)cc7c7cc(C(C)(C)C)cc(c23)c76)c54)n1. The second-order valence-electron chi connectivity index (χ2n) is 18.4. The molecule has 0 saturated heterocycles. The summed E-state index contributed by atoms with van der Waals surface area (Å²) in [5.74, 6) is 4.13. The normalized spacial score (nSPS) is 13.0. The molecule has 0 aliphatic heterocycles. The van der Waals surface area contributed by atoms with Gasteiger partial charge in [-0.05, 0) is 144 Å². The molecule has 0 radical (unpaired) electrons. The van der Waals surface area contributed by atoms with E-state index in [0.717, 1.165) is 38.1 Å². The van der Waals surface area contributed by atoms with Gasteiger partial charge in [0.15, 0.2) is 11.6 Å². The fraction of sp³-hybridized carbons (Fsp3) is 0.231. The van der Waals surface area contributed by atoms with E-state index in [-0.39, 0.29) is 10.8 Å². The summed E-state index contributed by atoms with van der Waals surface area (Å²) in [5, 5.41) is 19.1. The Kier molecular flexibility index (Phi) is 6.96. The molecule has 0 aliphatic carbocycles. The molecular weight excluding hydrogens is 709 g/mol. The number of benzene rings is 7. The Hall–Kier alpha value is -6.40. The van der Waals surface area contributed by atoms with Crippen LogP contribution in [0.1, 0.15) is 76.0 Å². The number of fused-ring (bicyclic) bond motifs is 10. The average molecular weight is 753 g/mol. The van der Waals surface area contributed by atoms with E-state index in [0.29, 0.717) is 34.9 Å². The molecule has 11 aromatic rings. The molecule has 0 atom stereocenters. The molecule has 0 fully saturated rings. The van der Waals surface area contributed by atoms with Gasteiger partial charge >= 0.3 is 0 Å². The largest absolute Gasteiger partial charge is 0.219 e. The minimum Gasteiger partial charge on any atom is -0.219 e. The van der Waals surface area contributed by atoms with Crippen LogP contribution < -0.4 is 0 Å². The molecule has 2 aromatic heterocycles. The molecule has 58 heavy (non-hydrogen) atoms. The lowest BCUT2D eigenvalue weighted by molar-refractivity contribution is 0.590. The molecule has 0 saturated carbocycles. The van der Waals surface area contributed by atoms with Crippen LogP contribution >= 0.6 is 0 Å². The van der Waals surface area contributed by atoms with Gasteiger partial charge in [0.25, 0.3) is 0 Å². The minimum atomic E-state index is -0.123. The van der Waals surface area contributed by atoms with Crippen LogP contribution in [0.5, 0.6) is 0 Å². The van der Waals surface area contributed by atoms with Crippen LogP contribution in [0.15, 0.2) is 84.9 Å². The molecule has 0 amide bonds. The van der Waals surface area contributed by atoms with Gasteiger partial charge in [0.05, 0.1) is 0 Å². The maximum atomic E-state index is 5.19. The number of rotatable bonds is 2. The van der Waals surface area contributed by atoms with E-state index >= 15 is 0 Å². The smallest absolute Gasteiger partial charge is 0.164 e. The number of hydrogen-bond donors (Lipinski definition) is 0. The first-order valence-electron chi connectivity index (χ1n) is 20.3. The van der Waals surface area contributed by atoms with Gasteiger partial charge < -0.3 is 0 Å². The van der Waals surface area contributed by atoms with Crippen molar-refractivity contribution in [2.24, 2.45) is 0 Å². The predicted octanol–water partition coefficient (Wildman–Crippen LogP) is 13.3. The average Bonchev–Trinajstić information content (AvgIpc) is 3.66. The highest BCUT2D eigenvalue weighted by atomic mass is 15.0. The second-order valence-corrected chi connectivity index (χ2v) is 18.4. The summed E-state index contributed by atoms with van der Waals surface area (Å²) < 4.78 is 0. The van der Waals surface area contributed by atoms with Crippen molar-refractivity contribution in [1.82, 2.24) is 29.9 Å². The van der Waals surface area contributed by atoms with Gasteiger partial charge in [-0.1, -0.05) is 102 Å². The Morgan fingerprint density at radius 2 is 0.810 bits per heavy atom. The fourth-order valence-electron chi connectivity index (χ4n) is 9.88. The summed E-state index contributed by atoms with van der Waals surface area (Å²) in [5.41, 5.74) is 4.50. The third-order valence-electron chi connectivity index (χ3n) is 12.4. The van der Waals surface area contributed by atoms with Crippen molar-refractivity contribution in [3.05, 3.63) is 119 Å². The highest BCUT2D eigenvalue weighted by molar-refractivity contribution is 6.45. The molecule has 0 bridgehead atoms. The van der Waals surface area contributed by atoms with Crippen LogP contribution in [0.4, 0.5) is 0 Å². The Morgan fingerprint density at radius 3 is 1.45 bits per heavy atom. The maximum Gasteiger partial charge on any atom is 0.164 e. The summed E-state index contributed by atoms with van der Waals surface area (Å²) >= 11 is 0. The number of aryl methyl sites for hydroxylation is 4. The molecule has 2 heterocycles. The first kappa shape index (κ1) is 34.8. The van der Waals surface area contributed by atoms with Gasteiger partial charge in [-0.15, -0.1) is 0 Å². The molecule has 11 rings (SSSR count). The zero-order valence-corrected chi connectivity index (χ0v) is 34.8. The third kappa shape index (κ3) is 4.84. The number of nitrogens with zero attached hydrogens (tertiary/aromatic N) is 6. The van der Waals surface area contributed by atoms with E-state index in [9.17, 15) is 0 Å². The van der Waals surface area contributed by atoms with E-state index in [1.165, 1.54) is 70.4 Å². The van der Waals surface area contributed by atoms with Crippen molar-refractivity contribution in [3.63, 3.8) is 0 Å². The maximum absolute atomic E-state index is 5.19.